The highest BCUT2D eigenvalue weighted by Crippen LogP contribution is 2.34. The van der Waals surface area contributed by atoms with Crippen LogP contribution in [0.1, 0.15) is 72.0 Å². The number of rotatable bonds is 6. The minimum atomic E-state index is -0.707. The summed E-state index contributed by atoms with van der Waals surface area (Å²) in [5.74, 6) is -0.467. The largest absolute Gasteiger partial charge is 0.391 e. The molecule has 2 amide bonds. The van der Waals surface area contributed by atoms with Crippen LogP contribution in [0, 0.1) is 10.8 Å². The lowest BCUT2D eigenvalue weighted by Crippen LogP contribution is -2.49. The molecule has 0 aliphatic carbocycles. The molecule has 2 aliphatic rings. The summed E-state index contributed by atoms with van der Waals surface area (Å²) in [4.78, 5) is 30.0. The zero-order valence-electron chi connectivity index (χ0n) is 21.2. The molecule has 0 radical (unpaired) electrons. The van der Waals surface area contributed by atoms with E-state index in [4.69, 9.17) is 0 Å². The average Bonchev–Trinajstić information content (AvgIpc) is 3.29. The van der Waals surface area contributed by atoms with Gasteiger partial charge in [-0.05, 0) is 30.2 Å². The fraction of sp³-hybridized carbons (Fsp3) is 0.833. The van der Waals surface area contributed by atoms with Crippen LogP contribution in [0.25, 0.3) is 0 Å². The van der Waals surface area contributed by atoms with Gasteiger partial charge >= 0.3 is 0 Å². The average molecular weight is 463 g/mol. The minimum Gasteiger partial charge on any atom is -0.391 e. The third-order valence-electron chi connectivity index (χ3n) is 6.90. The molecule has 9 nitrogen and oxygen atoms in total. The van der Waals surface area contributed by atoms with Crippen molar-refractivity contribution >= 4 is 11.8 Å². The lowest BCUT2D eigenvalue weighted by atomic mass is 9.85. The number of nitrogens with zero attached hydrogens (tertiary/aromatic N) is 5. The van der Waals surface area contributed by atoms with Gasteiger partial charge < -0.3 is 20.2 Å². The first-order valence-corrected chi connectivity index (χ1v) is 12.2. The van der Waals surface area contributed by atoms with Crippen LogP contribution in [-0.2, 0) is 16.0 Å². The number of hydrogen-bond acceptors (Lipinski definition) is 6. The SMILES string of the molecule is CNC(=O)[C@H]1CC(O)CN1C(=O)C(n1cc(CCN2CCCCC(C)(C)C2)nn1)C(C)(C)C. The summed E-state index contributed by atoms with van der Waals surface area (Å²) in [5, 5.41) is 21.5. The fourth-order valence-electron chi connectivity index (χ4n) is 5.23. The normalized spacial score (nSPS) is 25.0. The van der Waals surface area contributed by atoms with Crippen molar-refractivity contribution in [2.24, 2.45) is 10.8 Å². The molecule has 0 saturated carbocycles. The van der Waals surface area contributed by atoms with Crippen LogP contribution in [0.4, 0.5) is 0 Å². The maximum Gasteiger partial charge on any atom is 0.248 e. The highest BCUT2D eigenvalue weighted by molar-refractivity contribution is 5.90. The molecule has 3 heterocycles. The van der Waals surface area contributed by atoms with Gasteiger partial charge in [0.25, 0.3) is 0 Å². The number of hydrogen-bond donors (Lipinski definition) is 2. The van der Waals surface area contributed by atoms with Crippen LogP contribution in [-0.4, -0.2) is 87.1 Å². The van der Waals surface area contributed by atoms with E-state index < -0.39 is 23.6 Å². The number of nitrogens with one attached hydrogen (secondary N) is 1. The summed E-state index contributed by atoms with van der Waals surface area (Å²) >= 11 is 0. The van der Waals surface area contributed by atoms with Gasteiger partial charge in [-0.25, -0.2) is 4.68 Å². The van der Waals surface area contributed by atoms with Gasteiger partial charge in [0.05, 0.1) is 11.8 Å². The van der Waals surface area contributed by atoms with Gasteiger partial charge in [-0.1, -0.05) is 46.3 Å². The zero-order chi connectivity index (χ0) is 24.4. The number of β-amino-alcohol motifs (C(OH)–C–C–N with tert-alkyl or cyclic N) is 1. The first kappa shape index (κ1) is 25.6. The van der Waals surface area contributed by atoms with Crippen molar-refractivity contribution in [1.82, 2.24) is 30.1 Å². The molecule has 33 heavy (non-hydrogen) atoms. The van der Waals surface area contributed by atoms with Crippen molar-refractivity contribution < 1.29 is 14.7 Å². The first-order valence-electron chi connectivity index (χ1n) is 12.2. The second kappa shape index (κ2) is 10.1. The molecule has 9 heteroatoms. The number of aliphatic hydroxyl groups excluding tert-OH is 1. The quantitative estimate of drug-likeness (QED) is 0.666. The van der Waals surface area contributed by atoms with E-state index >= 15 is 0 Å². The topological polar surface area (TPSA) is 104 Å². The summed E-state index contributed by atoms with van der Waals surface area (Å²) in [6.45, 7) is 13.9. The second-order valence-corrected chi connectivity index (χ2v) is 11.6. The van der Waals surface area contributed by atoms with Gasteiger partial charge in [-0.3, -0.25) is 9.59 Å². The number of aliphatic hydroxyl groups is 1. The Balaban J connectivity index is 1.74. The van der Waals surface area contributed by atoms with E-state index in [0.29, 0.717) is 5.41 Å². The molecule has 2 aliphatic heterocycles. The van der Waals surface area contributed by atoms with Crippen LogP contribution in [0.5, 0.6) is 0 Å². The van der Waals surface area contributed by atoms with Gasteiger partial charge in [0.1, 0.15) is 12.1 Å². The molecule has 1 aromatic heterocycles. The molecule has 2 N–H and O–H groups in total. The monoisotopic (exact) mass is 462 g/mol. The Labute approximate surface area is 197 Å². The standard InChI is InChI=1S/C24H42N6O3/c1-23(2,3)20(22(33)29-15-18(31)13-19(29)21(32)25-6)30-14-17(26-27-30)9-12-28-11-8-7-10-24(4,5)16-28/h14,18-20,31H,7-13,15-16H2,1-6H3,(H,25,32)/t18?,19-,20?/m1/s1. The summed E-state index contributed by atoms with van der Waals surface area (Å²) in [5.41, 5.74) is 0.750. The van der Waals surface area contributed by atoms with Crippen molar-refractivity contribution in [3.63, 3.8) is 0 Å². The third-order valence-corrected chi connectivity index (χ3v) is 6.90. The molecule has 0 spiro atoms. The van der Waals surface area contributed by atoms with Gasteiger partial charge in [-0.2, -0.15) is 0 Å². The number of aromatic nitrogens is 3. The van der Waals surface area contributed by atoms with Crippen LogP contribution in [0.15, 0.2) is 6.20 Å². The van der Waals surface area contributed by atoms with Crippen molar-refractivity contribution in [3.05, 3.63) is 11.9 Å². The van der Waals surface area contributed by atoms with Crippen LogP contribution in [0.3, 0.4) is 0 Å². The Morgan fingerprint density at radius 3 is 2.70 bits per heavy atom. The predicted octanol–water partition coefficient (Wildman–Crippen LogP) is 1.63. The molecular formula is C24H42N6O3. The molecule has 3 atom stereocenters. The Bertz CT molecular complexity index is 830. The van der Waals surface area contributed by atoms with Crippen molar-refractivity contribution in [2.75, 3.05) is 33.2 Å². The Morgan fingerprint density at radius 2 is 2.03 bits per heavy atom. The van der Waals surface area contributed by atoms with E-state index in [1.165, 1.54) is 24.2 Å². The van der Waals surface area contributed by atoms with Crippen LogP contribution < -0.4 is 5.32 Å². The fourth-order valence-corrected chi connectivity index (χ4v) is 5.23. The van der Waals surface area contributed by atoms with Gasteiger partial charge in [0.15, 0.2) is 0 Å². The molecule has 3 rings (SSSR count). The van der Waals surface area contributed by atoms with Gasteiger partial charge in [0.2, 0.25) is 11.8 Å². The highest BCUT2D eigenvalue weighted by Gasteiger charge is 2.45. The first-order chi connectivity index (χ1) is 15.4. The summed E-state index contributed by atoms with van der Waals surface area (Å²) in [6.07, 6.45) is 5.96. The summed E-state index contributed by atoms with van der Waals surface area (Å²) in [7, 11) is 1.55. The number of carbonyl (C=O) groups is 2. The maximum atomic E-state index is 13.6. The summed E-state index contributed by atoms with van der Waals surface area (Å²) < 4.78 is 1.65. The minimum absolute atomic E-state index is 0.149. The van der Waals surface area contributed by atoms with Gasteiger partial charge in [-0.15, -0.1) is 5.10 Å². The molecule has 1 aromatic rings. The molecule has 2 unspecified atom stereocenters. The zero-order valence-corrected chi connectivity index (χ0v) is 21.2. The number of amides is 2. The molecule has 0 aromatic carbocycles. The lowest BCUT2D eigenvalue weighted by Gasteiger charge is -2.34. The highest BCUT2D eigenvalue weighted by atomic mass is 16.3. The number of likely N-dealkylation sites (tertiary alicyclic amines) is 2. The summed E-state index contributed by atoms with van der Waals surface area (Å²) in [6, 6.07) is -1.29. The molecule has 186 valence electrons. The third kappa shape index (κ3) is 6.32. The maximum absolute atomic E-state index is 13.6. The number of likely N-dealkylation sites (N-methyl/N-ethyl adjacent to an activating group) is 1. The second-order valence-electron chi connectivity index (χ2n) is 11.6. The Kier molecular flexibility index (Phi) is 7.84. The van der Waals surface area contributed by atoms with Crippen LogP contribution in [0.2, 0.25) is 0 Å². The molecule has 2 saturated heterocycles. The van der Waals surface area contributed by atoms with E-state index in [1.54, 1.807) is 11.7 Å². The van der Waals surface area contributed by atoms with E-state index in [9.17, 15) is 14.7 Å². The van der Waals surface area contributed by atoms with E-state index in [1.807, 2.05) is 27.0 Å². The van der Waals surface area contributed by atoms with E-state index in [2.05, 4.69) is 34.4 Å². The Morgan fingerprint density at radius 1 is 1.30 bits per heavy atom. The van der Waals surface area contributed by atoms with Crippen molar-refractivity contribution in [2.45, 2.75) is 84.9 Å². The predicted molar refractivity (Wildman–Crippen MR) is 126 cm³/mol. The molecule has 2 fully saturated rings. The smallest absolute Gasteiger partial charge is 0.248 e. The lowest BCUT2D eigenvalue weighted by molar-refractivity contribution is -0.144. The Hall–Kier alpha value is -2.00. The van der Waals surface area contributed by atoms with Crippen molar-refractivity contribution in [1.29, 1.82) is 0 Å². The number of carbonyl (C=O) groups excluding carboxylic acids is 2. The van der Waals surface area contributed by atoms with E-state index in [-0.39, 0.29) is 24.8 Å². The van der Waals surface area contributed by atoms with E-state index in [0.717, 1.165) is 31.7 Å². The van der Waals surface area contributed by atoms with Gasteiger partial charge in [0, 0.05) is 45.7 Å². The van der Waals surface area contributed by atoms with Crippen molar-refractivity contribution in [3.8, 4) is 0 Å². The molecular weight excluding hydrogens is 420 g/mol. The molecule has 0 bridgehead atoms. The van der Waals surface area contributed by atoms with Crippen LogP contribution >= 0.6 is 0 Å².